The molecule has 18 heteroatoms. The molecule has 1 amide bonds. The van der Waals surface area contributed by atoms with Gasteiger partial charge in [0.05, 0.1) is 34.7 Å². The molecule has 1 fully saturated rings. The number of halogens is 9. The molecule has 2 aliphatic rings. The van der Waals surface area contributed by atoms with Crippen molar-refractivity contribution in [3.05, 3.63) is 58.4 Å². The first-order valence-corrected chi connectivity index (χ1v) is 13.3. The number of anilines is 2. The number of aromatic amines is 1. The monoisotopic (exact) mass is 637 g/mol. The molecule has 1 aromatic carbocycles. The number of tetrazole rings is 1. The maximum atomic E-state index is 13.8. The minimum Gasteiger partial charge on any atom is -0.446 e. The summed E-state index contributed by atoms with van der Waals surface area (Å²) < 4.78 is 129. The predicted molar refractivity (Wildman–Crippen MR) is 134 cm³/mol. The summed E-state index contributed by atoms with van der Waals surface area (Å²) in [5.41, 5.74) is -5.31. The number of hydrogen-bond donors (Lipinski definition) is 1. The number of ether oxygens (including phenoxy) is 1. The highest BCUT2D eigenvalue weighted by atomic mass is 19.4. The van der Waals surface area contributed by atoms with E-state index in [4.69, 9.17) is 4.74 Å². The van der Waals surface area contributed by atoms with Gasteiger partial charge in [0.25, 0.3) is 5.95 Å². The maximum Gasteiger partial charge on any atom is 0.433 e. The summed E-state index contributed by atoms with van der Waals surface area (Å²) in [6.45, 7) is 2.47. The Balaban J connectivity index is 1.67. The van der Waals surface area contributed by atoms with Crippen LogP contribution in [0, 0.1) is 5.92 Å². The lowest BCUT2D eigenvalue weighted by Crippen LogP contribution is -2.50. The van der Waals surface area contributed by atoms with Crippen molar-refractivity contribution in [2.24, 2.45) is 5.92 Å². The topological polar surface area (TPSA) is 100 Å². The van der Waals surface area contributed by atoms with Crippen LogP contribution in [0.2, 0.25) is 0 Å². The molecule has 2 unspecified atom stereocenters. The Labute approximate surface area is 243 Å². The van der Waals surface area contributed by atoms with Gasteiger partial charge in [0.1, 0.15) is 5.69 Å². The van der Waals surface area contributed by atoms with Gasteiger partial charge in [0, 0.05) is 12.6 Å². The van der Waals surface area contributed by atoms with E-state index in [0.717, 1.165) is 11.0 Å². The number of carbonyl (C=O) groups excluding carboxylic acids is 1. The molecule has 44 heavy (non-hydrogen) atoms. The summed E-state index contributed by atoms with van der Waals surface area (Å²) in [4.78, 5) is 19.4. The standard InChI is InChI=1S/C26H24F9N7O2/c1-12(2)44-23(43)42-17-5-6-20(26(33,34)35)36-21(17)19(10-18(42)14-3-4-14)41(22-37-39-40-38-22)11-13-7-15(24(27,28)29)9-16(8-13)25(30,31)32/h5-9,12,14,18-19H,3-4,10-11H2,1-2H3,(H,37,38,39,40). The first kappa shape index (κ1) is 31.3. The van der Waals surface area contributed by atoms with Gasteiger partial charge < -0.3 is 9.64 Å². The van der Waals surface area contributed by atoms with E-state index in [1.807, 2.05) is 0 Å². The minimum absolute atomic E-state index is 0.0311. The Hall–Kier alpha value is -4.12. The Morgan fingerprint density at radius 1 is 1.00 bits per heavy atom. The molecule has 2 aromatic heterocycles. The summed E-state index contributed by atoms with van der Waals surface area (Å²) >= 11 is 0. The van der Waals surface area contributed by atoms with E-state index in [1.54, 1.807) is 13.8 Å². The van der Waals surface area contributed by atoms with Crippen LogP contribution in [0.3, 0.4) is 0 Å². The van der Waals surface area contributed by atoms with E-state index in [2.05, 4.69) is 25.6 Å². The first-order valence-electron chi connectivity index (χ1n) is 13.3. The summed E-state index contributed by atoms with van der Waals surface area (Å²) in [5.74, 6) is -0.427. The van der Waals surface area contributed by atoms with Crippen molar-refractivity contribution in [2.45, 2.75) is 76.4 Å². The second-order valence-electron chi connectivity index (χ2n) is 10.8. The molecule has 1 aliphatic carbocycles. The molecule has 1 saturated carbocycles. The van der Waals surface area contributed by atoms with Crippen molar-refractivity contribution in [3.8, 4) is 0 Å². The third-order valence-electron chi connectivity index (χ3n) is 7.23. The molecular formula is C26H24F9N7O2. The zero-order chi connectivity index (χ0) is 32.2. The van der Waals surface area contributed by atoms with Gasteiger partial charge >= 0.3 is 24.6 Å². The number of benzene rings is 1. The Kier molecular flexibility index (Phi) is 7.90. The highest BCUT2D eigenvalue weighted by molar-refractivity contribution is 5.90. The van der Waals surface area contributed by atoms with Gasteiger partial charge in [0.2, 0.25) is 0 Å². The summed E-state index contributed by atoms with van der Waals surface area (Å²) in [5, 5.41) is 13.2. The van der Waals surface area contributed by atoms with Crippen molar-refractivity contribution >= 4 is 17.7 Å². The van der Waals surface area contributed by atoms with Crippen molar-refractivity contribution < 1.29 is 49.0 Å². The molecule has 2 atom stereocenters. The third kappa shape index (κ3) is 6.52. The molecule has 238 valence electrons. The number of pyridine rings is 1. The molecule has 5 rings (SSSR count). The second-order valence-corrected chi connectivity index (χ2v) is 10.8. The molecule has 9 nitrogen and oxygen atoms in total. The fourth-order valence-corrected chi connectivity index (χ4v) is 5.26. The number of carbonyl (C=O) groups is 1. The SMILES string of the molecule is CC(C)OC(=O)N1c2ccc(C(F)(F)F)nc2C(N(Cc2cc(C(F)(F)F)cc(C(F)(F)F)c2)c2nn[nH]n2)CC1C1CC1. The van der Waals surface area contributed by atoms with Crippen LogP contribution in [0.25, 0.3) is 0 Å². The van der Waals surface area contributed by atoms with Crippen molar-refractivity contribution in [2.75, 3.05) is 9.80 Å². The lowest BCUT2D eigenvalue weighted by atomic mass is 9.90. The normalized spacial score (nSPS) is 19.2. The van der Waals surface area contributed by atoms with Gasteiger partial charge in [-0.15, -0.1) is 5.10 Å². The van der Waals surface area contributed by atoms with Gasteiger partial charge in [-0.25, -0.2) is 9.78 Å². The first-order chi connectivity index (χ1) is 20.4. The van der Waals surface area contributed by atoms with Crippen LogP contribution in [0.4, 0.5) is 55.9 Å². The van der Waals surface area contributed by atoms with Gasteiger partial charge in [-0.2, -0.15) is 44.7 Å². The average Bonchev–Trinajstić information content (AvgIpc) is 3.62. The molecule has 3 heterocycles. The zero-order valence-electron chi connectivity index (χ0n) is 22.9. The lowest BCUT2D eigenvalue weighted by Gasteiger charge is -2.43. The van der Waals surface area contributed by atoms with Crippen LogP contribution >= 0.6 is 0 Å². The molecule has 3 aromatic rings. The van der Waals surface area contributed by atoms with Crippen LogP contribution in [-0.2, 0) is 29.8 Å². The van der Waals surface area contributed by atoms with Crippen LogP contribution in [0.1, 0.15) is 67.2 Å². The average molecular weight is 638 g/mol. The number of nitrogens with one attached hydrogen (secondary N) is 1. The lowest BCUT2D eigenvalue weighted by molar-refractivity contribution is -0.143. The van der Waals surface area contributed by atoms with Gasteiger partial charge in [-0.1, -0.05) is 5.10 Å². The summed E-state index contributed by atoms with van der Waals surface area (Å²) in [6.07, 6.45) is -15.4. The van der Waals surface area contributed by atoms with Crippen LogP contribution in [0.15, 0.2) is 30.3 Å². The highest BCUT2D eigenvalue weighted by Gasteiger charge is 2.48. The quantitative estimate of drug-likeness (QED) is 0.293. The summed E-state index contributed by atoms with van der Waals surface area (Å²) in [6, 6.07) is 0.835. The van der Waals surface area contributed by atoms with Crippen molar-refractivity contribution in [1.29, 1.82) is 0 Å². The molecule has 0 saturated heterocycles. The Morgan fingerprint density at radius 2 is 1.64 bits per heavy atom. The number of fused-ring (bicyclic) bond motifs is 1. The molecule has 1 aliphatic heterocycles. The van der Waals surface area contributed by atoms with Crippen LogP contribution < -0.4 is 9.80 Å². The summed E-state index contributed by atoms with van der Waals surface area (Å²) in [7, 11) is 0. The predicted octanol–water partition coefficient (Wildman–Crippen LogP) is 6.93. The molecule has 0 bridgehead atoms. The van der Waals surface area contributed by atoms with Crippen LogP contribution in [-0.4, -0.2) is 43.8 Å². The van der Waals surface area contributed by atoms with E-state index in [9.17, 15) is 44.3 Å². The maximum absolute atomic E-state index is 13.8. The number of amides is 1. The molecular weight excluding hydrogens is 613 g/mol. The zero-order valence-corrected chi connectivity index (χ0v) is 22.9. The number of nitrogens with zero attached hydrogens (tertiary/aromatic N) is 6. The second kappa shape index (κ2) is 11.1. The van der Waals surface area contributed by atoms with E-state index >= 15 is 0 Å². The van der Waals surface area contributed by atoms with Gasteiger partial charge in [0.15, 0.2) is 0 Å². The van der Waals surface area contributed by atoms with Gasteiger partial charge in [-0.3, -0.25) is 4.90 Å². The van der Waals surface area contributed by atoms with E-state index in [1.165, 1.54) is 4.90 Å². The molecule has 0 spiro atoms. The fraction of sp³-hybridized carbons (Fsp3) is 0.500. The Morgan fingerprint density at radius 3 is 2.14 bits per heavy atom. The van der Waals surface area contributed by atoms with E-state index < -0.39 is 71.7 Å². The van der Waals surface area contributed by atoms with E-state index in [0.29, 0.717) is 31.0 Å². The highest BCUT2D eigenvalue weighted by Crippen LogP contribution is 2.49. The smallest absolute Gasteiger partial charge is 0.433 e. The largest absolute Gasteiger partial charge is 0.446 e. The van der Waals surface area contributed by atoms with Crippen molar-refractivity contribution in [3.63, 3.8) is 0 Å². The number of H-pyrrole nitrogens is 1. The number of alkyl halides is 9. The van der Waals surface area contributed by atoms with E-state index in [-0.39, 0.29) is 35.7 Å². The molecule has 0 radical (unpaired) electrons. The minimum atomic E-state index is -5.14. The van der Waals surface area contributed by atoms with Crippen LogP contribution in [0.5, 0.6) is 0 Å². The van der Waals surface area contributed by atoms with Crippen molar-refractivity contribution in [1.82, 2.24) is 25.6 Å². The Bertz CT molecular complexity index is 1470. The number of rotatable bonds is 6. The number of hydrogen-bond acceptors (Lipinski definition) is 7. The third-order valence-corrected chi connectivity index (χ3v) is 7.23. The number of aromatic nitrogens is 5. The van der Waals surface area contributed by atoms with Gasteiger partial charge in [-0.05, 0) is 80.1 Å². The molecule has 1 N–H and O–H groups in total. The fourth-order valence-electron chi connectivity index (χ4n) is 5.26.